The number of para-hydroxylation sites is 1. The third-order valence-electron chi connectivity index (χ3n) is 3.16. The average molecular weight is 349 g/mol. The van der Waals surface area contributed by atoms with Crippen LogP contribution in [0.3, 0.4) is 0 Å². The molecule has 0 fully saturated rings. The van der Waals surface area contributed by atoms with Gasteiger partial charge in [-0.1, -0.05) is 42.5 Å². The first kappa shape index (κ1) is 17.6. The third kappa shape index (κ3) is 4.61. The van der Waals surface area contributed by atoms with Crippen molar-refractivity contribution in [1.29, 1.82) is 0 Å². The molecular formula is C15H15N3O5S. The van der Waals surface area contributed by atoms with E-state index in [1.165, 1.54) is 12.1 Å². The van der Waals surface area contributed by atoms with Crippen molar-refractivity contribution in [3.63, 3.8) is 0 Å². The Kier molecular flexibility index (Phi) is 5.61. The van der Waals surface area contributed by atoms with E-state index in [4.69, 9.17) is 0 Å². The molecule has 0 atom stereocenters. The number of nitrogens with zero attached hydrogens (tertiary/aromatic N) is 1. The van der Waals surface area contributed by atoms with Gasteiger partial charge in [-0.15, -0.1) is 4.83 Å². The first-order chi connectivity index (χ1) is 11.4. The first-order valence-corrected chi connectivity index (χ1v) is 8.46. The second kappa shape index (κ2) is 7.66. The summed E-state index contributed by atoms with van der Waals surface area (Å²) in [5, 5.41) is 10.9. The molecule has 0 saturated heterocycles. The van der Waals surface area contributed by atoms with Gasteiger partial charge in [0.05, 0.1) is 4.92 Å². The Morgan fingerprint density at radius 2 is 1.67 bits per heavy atom. The molecule has 2 aromatic carbocycles. The third-order valence-corrected chi connectivity index (χ3v) is 4.45. The van der Waals surface area contributed by atoms with E-state index < -0.39 is 31.4 Å². The molecule has 0 unspecified atom stereocenters. The summed E-state index contributed by atoms with van der Waals surface area (Å²) in [6.07, 6.45) is 0.517. The van der Waals surface area contributed by atoms with Gasteiger partial charge in [0.25, 0.3) is 15.7 Å². The lowest BCUT2D eigenvalue weighted by molar-refractivity contribution is -0.387. The van der Waals surface area contributed by atoms with Crippen molar-refractivity contribution >= 4 is 21.6 Å². The molecule has 0 aromatic heterocycles. The van der Waals surface area contributed by atoms with Crippen LogP contribution in [-0.2, 0) is 21.2 Å². The predicted molar refractivity (Wildman–Crippen MR) is 86.3 cm³/mol. The summed E-state index contributed by atoms with van der Waals surface area (Å²) in [4.78, 5) is 23.2. The molecule has 0 saturated carbocycles. The van der Waals surface area contributed by atoms with Crippen molar-refractivity contribution in [3.05, 3.63) is 70.3 Å². The molecule has 0 aliphatic carbocycles. The summed E-state index contributed by atoms with van der Waals surface area (Å²) in [6, 6.07) is 14.1. The first-order valence-electron chi connectivity index (χ1n) is 6.98. The number of sulfonamides is 1. The predicted octanol–water partition coefficient (Wildman–Crippen LogP) is 1.54. The van der Waals surface area contributed by atoms with Crippen molar-refractivity contribution in [1.82, 2.24) is 10.3 Å². The van der Waals surface area contributed by atoms with Gasteiger partial charge in [-0.2, -0.15) is 0 Å². The molecule has 0 bridgehead atoms. The van der Waals surface area contributed by atoms with Crippen LogP contribution in [0.25, 0.3) is 0 Å². The largest absolute Gasteiger partial charge is 0.289 e. The van der Waals surface area contributed by atoms with Crippen LogP contribution in [0.1, 0.15) is 12.0 Å². The number of nitro benzene ring substituents is 1. The van der Waals surface area contributed by atoms with Crippen molar-refractivity contribution in [2.24, 2.45) is 0 Å². The number of nitrogens with one attached hydrogen (secondary N) is 2. The topological polar surface area (TPSA) is 118 Å². The lowest BCUT2D eigenvalue weighted by Gasteiger charge is -2.08. The fourth-order valence-electron chi connectivity index (χ4n) is 1.98. The van der Waals surface area contributed by atoms with E-state index >= 15 is 0 Å². The summed E-state index contributed by atoms with van der Waals surface area (Å²) in [6.45, 7) is 0. The number of hydrogen-bond acceptors (Lipinski definition) is 5. The maximum atomic E-state index is 12.1. The van der Waals surface area contributed by atoms with Gasteiger partial charge in [-0.25, -0.2) is 8.42 Å². The highest BCUT2D eigenvalue weighted by atomic mass is 32.2. The van der Waals surface area contributed by atoms with Crippen LogP contribution in [-0.4, -0.2) is 19.2 Å². The lowest BCUT2D eigenvalue weighted by atomic mass is 10.1. The van der Waals surface area contributed by atoms with Gasteiger partial charge >= 0.3 is 0 Å². The zero-order valence-corrected chi connectivity index (χ0v) is 13.3. The lowest BCUT2D eigenvalue weighted by Crippen LogP contribution is -2.41. The molecule has 0 heterocycles. The Balaban J connectivity index is 1.98. The Bertz CT molecular complexity index is 837. The van der Waals surface area contributed by atoms with Crippen LogP contribution in [0.15, 0.2) is 59.5 Å². The zero-order chi connectivity index (χ0) is 17.6. The van der Waals surface area contributed by atoms with Gasteiger partial charge in [0.15, 0.2) is 4.90 Å². The number of rotatable bonds is 7. The molecule has 1 amide bonds. The Morgan fingerprint density at radius 1 is 1.04 bits per heavy atom. The van der Waals surface area contributed by atoms with E-state index in [-0.39, 0.29) is 6.42 Å². The van der Waals surface area contributed by atoms with E-state index in [0.717, 1.165) is 17.7 Å². The Hall–Kier alpha value is -2.78. The molecule has 0 aliphatic rings. The molecular weight excluding hydrogens is 334 g/mol. The minimum Gasteiger partial charge on any atom is -0.278 e. The number of aryl methyl sites for hydroxylation is 1. The molecule has 8 nitrogen and oxygen atoms in total. The molecule has 126 valence electrons. The highest BCUT2D eigenvalue weighted by molar-refractivity contribution is 7.89. The van der Waals surface area contributed by atoms with Crippen LogP contribution in [0.4, 0.5) is 5.69 Å². The molecule has 0 radical (unpaired) electrons. The summed E-state index contributed by atoms with van der Waals surface area (Å²) in [7, 11) is -4.24. The standard InChI is InChI=1S/C15H15N3O5S/c19-15(11-10-12-6-2-1-3-7-12)16-17-24(22,23)14-9-5-4-8-13(14)18(20)21/h1-9,17H,10-11H2,(H,16,19). The quantitative estimate of drug-likeness (QED) is 0.580. The van der Waals surface area contributed by atoms with Crippen molar-refractivity contribution < 1.29 is 18.1 Å². The van der Waals surface area contributed by atoms with E-state index in [2.05, 4.69) is 5.43 Å². The number of carbonyl (C=O) groups excluding carboxylic acids is 1. The number of hydrazine groups is 1. The minimum absolute atomic E-state index is 0.0728. The Morgan fingerprint density at radius 3 is 2.33 bits per heavy atom. The van der Waals surface area contributed by atoms with E-state index in [0.29, 0.717) is 6.42 Å². The monoisotopic (exact) mass is 349 g/mol. The van der Waals surface area contributed by atoms with E-state index in [9.17, 15) is 23.3 Å². The molecule has 2 aromatic rings. The van der Waals surface area contributed by atoms with Gasteiger partial charge in [-0.05, 0) is 18.1 Å². The fourth-order valence-corrected chi connectivity index (χ4v) is 3.01. The summed E-state index contributed by atoms with van der Waals surface area (Å²) in [5.41, 5.74) is 2.43. The summed E-state index contributed by atoms with van der Waals surface area (Å²) in [5.74, 6) is -0.541. The van der Waals surface area contributed by atoms with Gasteiger partial charge in [0.2, 0.25) is 5.91 Å². The molecule has 2 N–H and O–H groups in total. The number of hydrogen-bond donors (Lipinski definition) is 2. The van der Waals surface area contributed by atoms with E-state index in [1.807, 2.05) is 35.2 Å². The van der Waals surface area contributed by atoms with Gasteiger partial charge in [0.1, 0.15) is 0 Å². The van der Waals surface area contributed by atoms with Gasteiger partial charge in [0, 0.05) is 12.5 Å². The molecule has 0 spiro atoms. The number of nitro groups is 1. The van der Waals surface area contributed by atoms with Crippen LogP contribution in [0.5, 0.6) is 0 Å². The molecule has 2 rings (SSSR count). The average Bonchev–Trinajstić information content (AvgIpc) is 2.59. The number of benzene rings is 2. The van der Waals surface area contributed by atoms with Crippen LogP contribution >= 0.6 is 0 Å². The molecule has 9 heteroatoms. The number of amides is 1. The van der Waals surface area contributed by atoms with E-state index in [1.54, 1.807) is 0 Å². The fraction of sp³-hybridized carbons (Fsp3) is 0.133. The normalized spacial score (nSPS) is 11.0. The number of carbonyl (C=O) groups is 1. The summed E-state index contributed by atoms with van der Waals surface area (Å²) < 4.78 is 24.2. The minimum atomic E-state index is -4.24. The van der Waals surface area contributed by atoms with Crippen molar-refractivity contribution in [2.45, 2.75) is 17.7 Å². The van der Waals surface area contributed by atoms with Gasteiger partial charge < -0.3 is 0 Å². The second-order valence-electron chi connectivity index (χ2n) is 4.86. The van der Waals surface area contributed by atoms with Gasteiger partial charge in [-0.3, -0.25) is 20.3 Å². The maximum absolute atomic E-state index is 12.1. The van der Waals surface area contributed by atoms with Crippen molar-refractivity contribution in [3.8, 4) is 0 Å². The van der Waals surface area contributed by atoms with Crippen LogP contribution in [0.2, 0.25) is 0 Å². The molecule has 24 heavy (non-hydrogen) atoms. The Labute approximate surface area is 138 Å². The van der Waals surface area contributed by atoms with Crippen LogP contribution in [0, 0.1) is 10.1 Å². The van der Waals surface area contributed by atoms with Crippen molar-refractivity contribution in [2.75, 3.05) is 0 Å². The zero-order valence-electron chi connectivity index (χ0n) is 12.5. The molecule has 0 aliphatic heterocycles. The smallest absolute Gasteiger partial charge is 0.278 e. The highest BCUT2D eigenvalue weighted by Gasteiger charge is 2.25. The maximum Gasteiger partial charge on any atom is 0.289 e. The summed E-state index contributed by atoms with van der Waals surface area (Å²) >= 11 is 0. The second-order valence-corrected chi connectivity index (χ2v) is 6.51. The van der Waals surface area contributed by atoms with Crippen LogP contribution < -0.4 is 10.3 Å². The SMILES string of the molecule is O=C(CCc1ccccc1)NNS(=O)(=O)c1ccccc1[N+](=O)[O-]. The highest BCUT2D eigenvalue weighted by Crippen LogP contribution is 2.22.